The third-order valence-electron chi connectivity index (χ3n) is 2.84. The summed E-state index contributed by atoms with van der Waals surface area (Å²) in [5.74, 6) is -0.237. The van der Waals surface area contributed by atoms with Gasteiger partial charge in [-0.2, -0.15) is 0 Å². The lowest BCUT2D eigenvalue weighted by atomic mass is 10.1. The van der Waals surface area contributed by atoms with Crippen LogP contribution >= 0.6 is 0 Å². The predicted octanol–water partition coefficient (Wildman–Crippen LogP) is 3.65. The average molecular weight is 258 g/mol. The van der Waals surface area contributed by atoms with Crippen LogP contribution in [0, 0.1) is 5.82 Å². The second kappa shape index (κ2) is 6.69. The Morgan fingerprint density at radius 1 is 1.05 bits per heavy atom. The normalized spacial score (nSPS) is 10.2. The SMILES string of the molecule is O=Cc1c(F)cccc1OCCCc1ccccc1. The highest BCUT2D eigenvalue weighted by molar-refractivity contribution is 5.79. The minimum absolute atomic E-state index is 0.0118. The van der Waals surface area contributed by atoms with Crippen molar-refractivity contribution in [2.75, 3.05) is 6.61 Å². The number of carbonyl (C=O) groups is 1. The Labute approximate surface area is 111 Å². The summed E-state index contributed by atoms with van der Waals surface area (Å²) in [6, 6.07) is 14.5. The Morgan fingerprint density at radius 3 is 2.58 bits per heavy atom. The van der Waals surface area contributed by atoms with Crippen LogP contribution in [-0.2, 0) is 6.42 Å². The van der Waals surface area contributed by atoms with Crippen molar-refractivity contribution >= 4 is 6.29 Å². The summed E-state index contributed by atoms with van der Waals surface area (Å²) in [5, 5.41) is 0. The summed E-state index contributed by atoms with van der Waals surface area (Å²) in [6.07, 6.45) is 2.20. The molecule has 0 N–H and O–H groups in total. The standard InChI is InChI=1S/C16H15FO2/c17-15-9-4-10-16(14(15)12-18)19-11-5-8-13-6-2-1-3-7-13/h1-4,6-7,9-10,12H,5,8,11H2. The lowest BCUT2D eigenvalue weighted by molar-refractivity contribution is 0.111. The zero-order chi connectivity index (χ0) is 13.5. The highest BCUT2D eigenvalue weighted by atomic mass is 19.1. The molecule has 0 unspecified atom stereocenters. The molecular weight excluding hydrogens is 243 g/mol. The summed E-state index contributed by atoms with van der Waals surface area (Å²) in [5.41, 5.74) is 1.23. The molecule has 0 saturated heterocycles. The first-order valence-electron chi connectivity index (χ1n) is 6.21. The van der Waals surface area contributed by atoms with E-state index in [1.54, 1.807) is 6.07 Å². The quantitative estimate of drug-likeness (QED) is 0.584. The summed E-state index contributed by atoms with van der Waals surface area (Å²) >= 11 is 0. The van der Waals surface area contributed by atoms with E-state index in [-0.39, 0.29) is 5.56 Å². The summed E-state index contributed by atoms with van der Waals surface area (Å²) in [6.45, 7) is 0.458. The summed E-state index contributed by atoms with van der Waals surface area (Å²) in [4.78, 5) is 10.8. The molecule has 0 aliphatic carbocycles. The molecule has 2 nitrogen and oxygen atoms in total. The Kier molecular flexibility index (Phi) is 4.67. The second-order valence-electron chi connectivity index (χ2n) is 4.21. The number of hydrogen-bond acceptors (Lipinski definition) is 2. The van der Waals surface area contributed by atoms with Gasteiger partial charge in [-0.25, -0.2) is 4.39 Å². The fraction of sp³-hybridized carbons (Fsp3) is 0.188. The van der Waals surface area contributed by atoms with Gasteiger partial charge in [0.25, 0.3) is 0 Å². The van der Waals surface area contributed by atoms with Crippen LogP contribution in [0.4, 0.5) is 4.39 Å². The highest BCUT2D eigenvalue weighted by Gasteiger charge is 2.07. The van der Waals surface area contributed by atoms with Crippen LogP contribution in [0.3, 0.4) is 0 Å². The number of hydrogen-bond donors (Lipinski definition) is 0. The topological polar surface area (TPSA) is 26.3 Å². The van der Waals surface area contributed by atoms with Crippen molar-refractivity contribution in [2.24, 2.45) is 0 Å². The van der Waals surface area contributed by atoms with E-state index < -0.39 is 5.82 Å². The molecule has 0 saturated carbocycles. The number of benzene rings is 2. The molecular formula is C16H15FO2. The molecule has 0 atom stereocenters. The number of aryl methyl sites for hydroxylation is 1. The molecule has 0 aromatic heterocycles. The van der Waals surface area contributed by atoms with Crippen LogP contribution < -0.4 is 4.74 Å². The van der Waals surface area contributed by atoms with Crippen LogP contribution in [0.2, 0.25) is 0 Å². The van der Waals surface area contributed by atoms with E-state index in [1.807, 2.05) is 18.2 Å². The molecule has 0 radical (unpaired) electrons. The molecule has 2 aromatic rings. The average Bonchev–Trinajstić information content (AvgIpc) is 2.45. The molecule has 0 bridgehead atoms. The molecule has 0 aliphatic rings. The molecule has 2 rings (SSSR count). The molecule has 19 heavy (non-hydrogen) atoms. The summed E-state index contributed by atoms with van der Waals surface area (Å²) in [7, 11) is 0. The zero-order valence-corrected chi connectivity index (χ0v) is 10.5. The van der Waals surface area contributed by atoms with Crippen molar-refractivity contribution < 1.29 is 13.9 Å². The maximum Gasteiger partial charge on any atom is 0.156 e. The van der Waals surface area contributed by atoms with E-state index in [2.05, 4.69) is 12.1 Å². The molecule has 0 heterocycles. The minimum atomic E-state index is -0.546. The van der Waals surface area contributed by atoms with Gasteiger partial charge in [-0.3, -0.25) is 4.79 Å². The Bertz CT molecular complexity index is 538. The predicted molar refractivity (Wildman–Crippen MR) is 72.0 cm³/mol. The number of ether oxygens (including phenoxy) is 1. The van der Waals surface area contributed by atoms with Crippen molar-refractivity contribution in [1.29, 1.82) is 0 Å². The van der Waals surface area contributed by atoms with Gasteiger partial charge in [-0.05, 0) is 30.5 Å². The fourth-order valence-corrected chi connectivity index (χ4v) is 1.86. The van der Waals surface area contributed by atoms with E-state index in [9.17, 15) is 9.18 Å². The van der Waals surface area contributed by atoms with Crippen LogP contribution in [0.25, 0.3) is 0 Å². The van der Waals surface area contributed by atoms with Crippen molar-refractivity contribution in [1.82, 2.24) is 0 Å². The number of halogens is 1. The third-order valence-corrected chi connectivity index (χ3v) is 2.84. The molecule has 2 aromatic carbocycles. The van der Waals surface area contributed by atoms with Gasteiger partial charge in [0.05, 0.1) is 12.2 Å². The van der Waals surface area contributed by atoms with E-state index >= 15 is 0 Å². The lowest BCUT2D eigenvalue weighted by Gasteiger charge is -2.08. The van der Waals surface area contributed by atoms with Crippen molar-refractivity contribution in [3.05, 3.63) is 65.5 Å². The Hall–Kier alpha value is -2.16. The smallest absolute Gasteiger partial charge is 0.156 e. The van der Waals surface area contributed by atoms with Gasteiger partial charge in [0, 0.05) is 0 Å². The first-order chi connectivity index (χ1) is 9.31. The third kappa shape index (κ3) is 3.65. The minimum Gasteiger partial charge on any atom is -0.493 e. The van der Waals surface area contributed by atoms with Crippen molar-refractivity contribution in [3.63, 3.8) is 0 Å². The maximum atomic E-state index is 13.3. The fourth-order valence-electron chi connectivity index (χ4n) is 1.86. The van der Waals surface area contributed by atoms with Crippen LogP contribution in [0.5, 0.6) is 5.75 Å². The number of rotatable bonds is 6. The van der Waals surface area contributed by atoms with Crippen molar-refractivity contribution in [3.8, 4) is 5.75 Å². The van der Waals surface area contributed by atoms with Gasteiger partial charge in [0.15, 0.2) is 6.29 Å². The van der Waals surface area contributed by atoms with Crippen molar-refractivity contribution in [2.45, 2.75) is 12.8 Å². The largest absolute Gasteiger partial charge is 0.493 e. The Balaban J connectivity index is 1.86. The van der Waals surface area contributed by atoms with Crippen LogP contribution in [0.15, 0.2) is 48.5 Å². The molecule has 0 spiro atoms. The molecule has 0 aliphatic heterocycles. The number of carbonyl (C=O) groups excluding carboxylic acids is 1. The summed E-state index contributed by atoms with van der Waals surface area (Å²) < 4.78 is 18.8. The first kappa shape index (κ1) is 13.3. The zero-order valence-electron chi connectivity index (χ0n) is 10.5. The Morgan fingerprint density at radius 2 is 1.84 bits per heavy atom. The van der Waals surface area contributed by atoms with Crippen LogP contribution in [0.1, 0.15) is 22.3 Å². The van der Waals surface area contributed by atoms with Gasteiger partial charge < -0.3 is 4.74 Å². The van der Waals surface area contributed by atoms with Gasteiger partial charge >= 0.3 is 0 Å². The first-order valence-corrected chi connectivity index (χ1v) is 6.21. The number of aldehydes is 1. The van der Waals surface area contributed by atoms with E-state index in [1.165, 1.54) is 17.7 Å². The molecule has 0 fully saturated rings. The van der Waals surface area contributed by atoms with E-state index in [0.29, 0.717) is 18.6 Å². The lowest BCUT2D eigenvalue weighted by Crippen LogP contribution is -2.02. The van der Waals surface area contributed by atoms with Crippen LogP contribution in [-0.4, -0.2) is 12.9 Å². The van der Waals surface area contributed by atoms with E-state index in [4.69, 9.17) is 4.74 Å². The second-order valence-corrected chi connectivity index (χ2v) is 4.21. The highest BCUT2D eigenvalue weighted by Crippen LogP contribution is 2.19. The molecule has 3 heteroatoms. The van der Waals surface area contributed by atoms with E-state index in [0.717, 1.165) is 12.8 Å². The van der Waals surface area contributed by atoms with Gasteiger partial charge in [0.1, 0.15) is 11.6 Å². The van der Waals surface area contributed by atoms with Gasteiger partial charge in [-0.1, -0.05) is 36.4 Å². The maximum absolute atomic E-state index is 13.3. The van der Waals surface area contributed by atoms with Gasteiger partial charge in [0.2, 0.25) is 0 Å². The molecule has 98 valence electrons. The monoisotopic (exact) mass is 258 g/mol. The van der Waals surface area contributed by atoms with Gasteiger partial charge in [-0.15, -0.1) is 0 Å². The molecule has 0 amide bonds.